The predicted molar refractivity (Wildman–Crippen MR) is 118 cm³/mol. The molecule has 2 amide bonds. The Balaban J connectivity index is 1.72. The molecule has 1 N–H and O–H groups in total. The van der Waals surface area contributed by atoms with Gasteiger partial charge in [0.05, 0.1) is 31.2 Å². The molecule has 0 saturated heterocycles. The zero-order valence-electron chi connectivity index (χ0n) is 18.6. The Morgan fingerprint density at radius 1 is 1.24 bits per heavy atom. The SMILES string of the molecule is CC(=NC(=O)c1cc2c(n3cnnc13)N(C(=O)O)Cc1c(F)ccc3c1[C@@H](CO3)CO2)N(C)C. The molecule has 0 unspecified atom stereocenters. The molecular weight excluding hydrogens is 447 g/mol. The summed E-state index contributed by atoms with van der Waals surface area (Å²) in [5.41, 5.74) is 0.997. The molecule has 1 aromatic carbocycles. The number of benzene rings is 1. The molecule has 0 radical (unpaired) electrons. The van der Waals surface area contributed by atoms with Crippen molar-refractivity contribution in [1.82, 2.24) is 19.5 Å². The van der Waals surface area contributed by atoms with Gasteiger partial charge in [0.1, 0.15) is 23.7 Å². The van der Waals surface area contributed by atoms with Gasteiger partial charge in [-0.3, -0.25) is 14.1 Å². The molecule has 0 bridgehead atoms. The van der Waals surface area contributed by atoms with Crippen LogP contribution in [0.15, 0.2) is 29.5 Å². The molecule has 34 heavy (non-hydrogen) atoms. The van der Waals surface area contributed by atoms with E-state index in [0.717, 1.165) is 4.90 Å². The summed E-state index contributed by atoms with van der Waals surface area (Å²) in [6, 6.07) is 4.20. The number of hydrogen-bond acceptors (Lipinski definition) is 6. The largest absolute Gasteiger partial charge is 0.493 e. The van der Waals surface area contributed by atoms with Gasteiger partial charge in [-0.25, -0.2) is 9.18 Å². The third-order valence-electron chi connectivity index (χ3n) is 6.00. The highest BCUT2D eigenvalue weighted by atomic mass is 19.1. The molecule has 4 heterocycles. The Bertz CT molecular complexity index is 1370. The van der Waals surface area contributed by atoms with Crippen LogP contribution in [0.1, 0.15) is 34.3 Å². The number of carboxylic acid groups (broad SMARTS) is 1. The van der Waals surface area contributed by atoms with Crippen LogP contribution in [0.5, 0.6) is 11.5 Å². The normalized spacial score (nSPS) is 17.1. The van der Waals surface area contributed by atoms with Gasteiger partial charge in [-0.15, -0.1) is 10.2 Å². The van der Waals surface area contributed by atoms with Gasteiger partial charge in [0.25, 0.3) is 5.91 Å². The van der Waals surface area contributed by atoms with E-state index >= 15 is 0 Å². The van der Waals surface area contributed by atoms with Gasteiger partial charge in [-0.05, 0) is 19.1 Å². The highest BCUT2D eigenvalue weighted by Gasteiger charge is 2.35. The van der Waals surface area contributed by atoms with Crippen LogP contribution in [0.25, 0.3) is 5.65 Å². The van der Waals surface area contributed by atoms with Gasteiger partial charge in [-0.1, -0.05) is 0 Å². The first-order valence-corrected chi connectivity index (χ1v) is 10.5. The van der Waals surface area contributed by atoms with E-state index in [-0.39, 0.29) is 54.0 Å². The Kier molecular flexibility index (Phi) is 5.07. The maximum atomic E-state index is 14.9. The van der Waals surface area contributed by atoms with E-state index < -0.39 is 17.8 Å². The van der Waals surface area contributed by atoms with E-state index in [0.29, 0.717) is 17.1 Å². The smallest absolute Gasteiger partial charge is 0.413 e. The molecule has 0 spiro atoms. The van der Waals surface area contributed by atoms with E-state index in [4.69, 9.17) is 9.47 Å². The molecule has 0 fully saturated rings. The molecule has 2 aliphatic heterocycles. The van der Waals surface area contributed by atoms with Gasteiger partial charge in [0.2, 0.25) is 0 Å². The van der Waals surface area contributed by atoms with E-state index in [2.05, 4.69) is 15.2 Å². The molecular formula is C22H21FN6O5. The fraction of sp³-hybridized carbons (Fsp3) is 0.318. The number of hydrogen-bond donors (Lipinski definition) is 1. The number of anilines is 1. The van der Waals surface area contributed by atoms with Crippen LogP contribution in [0.3, 0.4) is 0 Å². The molecule has 11 nitrogen and oxygen atoms in total. The molecule has 0 saturated carbocycles. The topological polar surface area (TPSA) is 122 Å². The first-order chi connectivity index (χ1) is 16.3. The summed E-state index contributed by atoms with van der Waals surface area (Å²) in [5, 5.41) is 18.0. The second kappa shape index (κ2) is 7.97. The number of rotatable bonds is 1. The number of ether oxygens (including phenoxy) is 2. The zero-order valence-corrected chi connectivity index (χ0v) is 18.6. The van der Waals surface area contributed by atoms with Crippen LogP contribution in [0, 0.1) is 5.82 Å². The molecule has 3 aromatic rings. The number of carbonyl (C=O) groups is 2. The number of pyridine rings is 1. The monoisotopic (exact) mass is 468 g/mol. The summed E-state index contributed by atoms with van der Waals surface area (Å²) in [5.74, 6) is -0.289. The van der Waals surface area contributed by atoms with Crippen molar-refractivity contribution < 1.29 is 28.6 Å². The number of nitrogens with zero attached hydrogens (tertiary/aromatic N) is 6. The molecule has 1 atom stereocenters. The lowest BCUT2D eigenvalue weighted by molar-refractivity contribution is 0.100. The lowest BCUT2D eigenvalue weighted by Crippen LogP contribution is -2.31. The number of amides is 2. The number of halogens is 1. The van der Waals surface area contributed by atoms with Crippen LogP contribution in [0.2, 0.25) is 0 Å². The first-order valence-electron chi connectivity index (χ1n) is 10.5. The van der Waals surface area contributed by atoms with Gasteiger partial charge >= 0.3 is 6.09 Å². The predicted octanol–water partition coefficient (Wildman–Crippen LogP) is 2.54. The van der Waals surface area contributed by atoms with Crippen molar-refractivity contribution in [2.75, 3.05) is 32.2 Å². The summed E-state index contributed by atoms with van der Waals surface area (Å²) >= 11 is 0. The number of carbonyl (C=O) groups excluding carboxylic acids is 1. The average Bonchev–Trinajstić information content (AvgIpc) is 3.44. The summed E-state index contributed by atoms with van der Waals surface area (Å²) in [6.45, 7) is 1.74. The Labute approximate surface area is 193 Å². The quantitative estimate of drug-likeness (QED) is 0.427. The van der Waals surface area contributed by atoms with Gasteiger partial charge in [0.15, 0.2) is 17.2 Å². The third-order valence-corrected chi connectivity index (χ3v) is 6.00. The van der Waals surface area contributed by atoms with Crippen molar-refractivity contribution in [2.24, 2.45) is 4.99 Å². The summed E-state index contributed by atoms with van der Waals surface area (Å²) in [7, 11) is 3.51. The molecule has 176 valence electrons. The van der Waals surface area contributed by atoms with E-state index in [1.807, 2.05) is 0 Å². The first kappa shape index (κ1) is 21.6. The molecule has 12 heteroatoms. The number of fused-ring (bicyclic) bond motifs is 3. The fourth-order valence-corrected chi connectivity index (χ4v) is 4.12. The van der Waals surface area contributed by atoms with Crippen molar-refractivity contribution in [3.8, 4) is 11.5 Å². The van der Waals surface area contributed by atoms with E-state index in [1.54, 1.807) is 25.9 Å². The standard InChI is InChI=1S/C22H21FN6O5/c1-11(27(2)3)25-20(30)13-6-17-21(29-10-24-26-19(13)29)28(22(31)32)7-14-15(23)4-5-16-18(14)12(8-33-16)9-34-17/h4-6,10,12H,7-9H2,1-3H3,(H,31,32)/t12-/m0/s1. The Morgan fingerprint density at radius 3 is 2.68 bits per heavy atom. The second-order valence-corrected chi connectivity index (χ2v) is 8.25. The molecule has 5 rings (SSSR count). The summed E-state index contributed by atoms with van der Waals surface area (Å²) < 4.78 is 28.0. The van der Waals surface area contributed by atoms with Gasteiger partial charge in [-0.2, -0.15) is 4.99 Å². The lowest BCUT2D eigenvalue weighted by atomic mass is 9.95. The van der Waals surface area contributed by atoms with Gasteiger partial charge < -0.3 is 19.5 Å². The lowest BCUT2D eigenvalue weighted by Gasteiger charge is -2.23. The zero-order chi connectivity index (χ0) is 24.1. The van der Waals surface area contributed by atoms with Crippen molar-refractivity contribution in [3.05, 3.63) is 47.0 Å². The van der Waals surface area contributed by atoms with Crippen LogP contribution in [0.4, 0.5) is 15.0 Å². The van der Waals surface area contributed by atoms with Crippen molar-refractivity contribution in [3.63, 3.8) is 0 Å². The van der Waals surface area contributed by atoms with Crippen LogP contribution < -0.4 is 14.4 Å². The van der Waals surface area contributed by atoms with Crippen LogP contribution in [-0.2, 0) is 6.54 Å². The minimum Gasteiger partial charge on any atom is -0.493 e. The van der Waals surface area contributed by atoms with Crippen molar-refractivity contribution in [1.29, 1.82) is 0 Å². The average molecular weight is 468 g/mol. The third kappa shape index (κ3) is 3.38. The second-order valence-electron chi connectivity index (χ2n) is 8.25. The molecule has 2 aromatic heterocycles. The van der Waals surface area contributed by atoms with E-state index in [1.165, 1.54) is 28.9 Å². The van der Waals surface area contributed by atoms with Crippen LogP contribution in [-0.4, -0.2) is 69.7 Å². The minimum atomic E-state index is -1.34. The number of aliphatic imine (C=N–C) groups is 1. The van der Waals surface area contributed by atoms with Crippen molar-refractivity contribution >= 4 is 29.3 Å². The summed E-state index contributed by atoms with van der Waals surface area (Å²) in [4.78, 5) is 32.1. The van der Waals surface area contributed by atoms with Crippen molar-refractivity contribution in [2.45, 2.75) is 19.4 Å². The Hall–Kier alpha value is -4.22. The summed E-state index contributed by atoms with van der Waals surface area (Å²) in [6.07, 6.45) is -0.0556. The van der Waals surface area contributed by atoms with Crippen LogP contribution >= 0.6 is 0 Å². The Morgan fingerprint density at radius 2 is 1.97 bits per heavy atom. The fourth-order valence-electron chi connectivity index (χ4n) is 4.12. The molecule has 0 aliphatic carbocycles. The number of amidine groups is 1. The molecule has 2 aliphatic rings. The maximum Gasteiger partial charge on any atom is 0.413 e. The van der Waals surface area contributed by atoms with Gasteiger partial charge in [0, 0.05) is 31.3 Å². The highest BCUT2D eigenvalue weighted by molar-refractivity contribution is 6.07. The van der Waals surface area contributed by atoms with E-state index in [9.17, 15) is 19.1 Å². The highest BCUT2D eigenvalue weighted by Crippen LogP contribution is 2.42. The number of aromatic nitrogens is 3. The maximum absolute atomic E-state index is 14.9. The minimum absolute atomic E-state index is 0.0651.